The minimum Gasteiger partial charge on any atom is -0.490 e. The fourth-order valence-electron chi connectivity index (χ4n) is 2.53. The molecule has 4 heteroatoms. The lowest BCUT2D eigenvalue weighted by atomic mass is 9.88. The Hall–Kier alpha value is -1.22. The normalized spacial score (nSPS) is 23.7. The van der Waals surface area contributed by atoms with Crippen LogP contribution in [0.25, 0.3) is 0 Å². The molecular formula is C14H19ClN2O. The number of hydrogen-bond donors (Lipinski definition) is 2. The van der Waals surface area contributed by atoms with Crippen LogP contribution in [0.5, 0.6) is 5.75 Å². The maximum Gasteiger partial charge on any atom is 0.132 e. The summed E-state index contributed by atoms with van der Waals surface area (Å²) in [5.74, 6) is 1.29. The van der Waals surface area contributed by atoms with Gasteiger partial charge < -0.3 is 10.5 Å². The number of halogens is 1. The van der Waals surface area contributed by atoms with Crippen LogP contribution in [0, 0.1) is 11.3 Å². The Balaban J connectivity index is 2.18. The van der Waals surface area contributed by atoms with Crippen LogP contribution in [-0.2, 0) is 0 Å². The summed E-state index contributed by atoms with van der Waals surface area (Å²) >= 11 is 6.07. The van der Waals surface area contributed by atoms with Crippen molar-refractivity contribution in [3.05, 3.63) is 28.8 Å². The second kappa shape index (κ2) is 5.61. The van der Waals surface area contributed by atoms with Gasteiger partial charge in [-0.2, -0.15) is 0 Å². The molecule has 1 aromatic carbocycles. The molecule has 2 rings (SSSR count). The number of nitrogens with two attached hydrogens (primary N) is 1. The van der Waals surface area contributed by atoms with Crippen molar-refractivity contribution in [1.82, 2.24) is 0 Å². The van der Waals surface area contributed by atoms with Gasteiger partial charge in [-0.1, -0.05) is 31.0 Å². The largest absolute Gasteiger partial charge is 0.490 e. The van der Waals surface area contributed by atoms with Gasteiger partial charge in [0, 0.05) is 0 Å². The van der Waals surface area contributed by atoms with Gasteiger partial charge >= 0.3 is 0 Å². The zero-order valence-electron chi connectivity index (χ0n) is 10.6. The van der Waals surface area contributed by atoms with E-state index in [1.807, 2.05) is 12.1 Å². The summed E-state index contributed by atoms with van der Waals surface area (Å²) in [7, 11) is 0. The van der Waals surface area contributed by atoms with E-state index in [4.69, 9.17) is 27.5 Å². The van der Waals surface area contributed by atoms with Crippen LogP contribution in [-0.4, -0.2) is 11.9 Å². The van der Waals surface area contributed by atoms with Crippen molar-refractivity contribution in [2.75, 3.05) is 0 Å². The molecule has 1 saturated carbocycles. The molecule has 1 aliphatic rings. The van der Waals surface area contributed by atoms with Crippen LogP contribution in [0.2, 0.25) is 5.02 Å². The molecule has 0 aliphatic heterocycles. The zero-order valence-corrected chi connectivity index (χ0v) is 11.3. The van der Waals surface area contributed by atoms with Gasteiger partial charge in [0.2, 0.25) is 0 Å². The summed E-state index contributed by atoms with van der Waals surface area (Å²) in [6.07, 6.45) is 4.81. The zero-order chi connectivity index (χ0) is 13.1. The molecule has 3 nitrogen and oxygen atoms in total. The van der Waals surface area contributed by atoms with E-state index in [1.165, 1.54) is 12.8 Å². The van der Waals surface area contributed by atoms with Gasteiger partial charge in [-0.3, -0.25) is 5.41 Å². The van der Waals surface area contributed by atoms with Crippen LogP contribution < -0.4 is 10.5 Å². The summed E-state index contributed by atoms with van der Waals surface area (Å²) in [6, 6.07) is 5.40. The van der Waals surface area contributed by atoms with Crippen molar-refractivity contribution >= 4 is 17.4 Å². The molecular weight excluding hydrogens is 248 g/mol. The van der Waals surface area contributed by atoms with E-state index in [0.717, 1.165) is 12.8 Å². The molecule has 0 saturated heterocycles. The van der Waals surface area contributed by atoms with Crippen molar-refractivity contribution in [2.24, 2.45) is 11.7 Å². The molecule has 0 aromatic heterocycles. The van der Waals surface area contributed by atoms with Crippen molar-refractivity contribution in [2.45, 2.75) is 38.7 Å². The number of amidine groups is 1. The standard InChI is InChI=1S/C14H19ClN2O/c1-9-4-2-5-10(8-9)18-12-7-3-6-11(15)13(12)14(16)17/h3,6-7,9-10H,2,4-5,8H2,1H3,(H3,16,17). The molecule has 0 radical (unpaired) electrons. The highest BCUT2D eigenvalue weighted by Gasteiger charge is 2.22. The smallest absolute Gasteiger partial charge is 0.132 e. The van der Waals surface area contributed by atoms with E-state index < -0.39 is 0 Å². The maximum absolute atomic E-state index is 7.59. The average Bonchev–Trinajstić information content (AvgIpc) is 2.28. The summed E-state index contributed by atoms with van der Waals surface area (Å²) in [5.41, 5.74) is 6.08. The Kier molecular flexibility index (Phi) is 4.12. The second-order valence-corrected chi connectivity index (χ2v) is 5.45. The number of hydrogen-bond acceptors (Lipinski definition) is 2. The van der Waals surface area contributed by atoms with E-state index in [2.05, 4.69) is 6.92 Å². The SMILES string of the molecule is CC1CCCC(Oc2cccc(Cl)c2C(=N)N)C1. The first kappa shape index (κ1) is 13.2. The predicted octanol–water partition coefficient (Wildman–Crippen LogP) is 3.58. The van der Waals surface area contributed by atoms with Gasteiger partial charge in [-0.05, 0) is 37.3 Å². The van der Waals surface area contributed by atoms with E-state index in [0.29, 0.717) is 22.3 Å². The van der Waals surface area contributed by atoms with Crippen molar-refractivity contribution in [3.63, 3.8) is 0 Å². The lowest BCUT2D eigenvalue weighted by molar-refractivity contribution is 0.129. The van der Waals surface area contributed by atoms with E-state index in [1.54, 1.807) is 6.07 Å². The molecule has 1 fully saturated rings. The van der Waals surface area contributed by atoms with Crippen molar-refractivity contribution in [3.8, 4) is 5.75 Å². The number of nitrogen functional groups attached to an aromatic ring is 1. The Morgan fingerprint density at radius 1 is 1.44 bits per heavy atom. The fraction of sp³-hybridized carbons (Fsp3) is 0.500. The highest BCUT2D eigenvalue weighted by Crippen LogP contribution is 2.31. The molecule has 18 heavy (non-hydrogen) atoms. The Morgan fingerprint density at radius 2 is 2.22 bits per heavy atom. The van der Waals surface area contributed by atoms with E-state index in [9.17, 15) is 0 Å². The summed E-state index contributed by atoms with van der Waals surface area (Å²) in [5, 5.41) is 8.06. The van der Waals surface area contributed by atoms with Crippen LogP contribution in [0.4, 0.5) is 0 Å². The van der Waals surface area contributed by atoms with Gasteiger partial charge in [-0.15, -0.1) is 0 Å². The predicted molar refractivity (Wildman–Crippen MR) is 74.5 cm³/mol. The van der Waals surface area contributed by atoms with Gasteiger partial charge in [0.25, 0.3) is 0 Å². The van der Waals surface area contributed by atoms with Gasteiger partial charge in [0.1, 0.15) is 11.6 Å². The van der Waals surface area contributed by atoms with Crippen LogP contribution in [0.1, 0.15) is 38.2 Å². The first-order valence-electron chi connectivity index (χ1n) is 6.37. The highest BCUT2D eigenvalue weighted by atomic mass is 35.5. The van der Waals surface area contributed by atoms with Crippen LogP contribution in [0.3, 0.4) is 0 Å². The highest BCUT2D eigenvalue weighted by molar-refractivity contribution is 6.34. The lowest BCUT2D eigenvalue weighted by Crippen LogP contribution is -2.25. The molecule has 1 aromatic rings. The maximum atomic E-state index is 7.59. The molecule has 3 N–H and O–H groups in total. The Labute approximate surface area is 113 Å². The number of nitrogens with one attached hydrogen (secondary N) is 1. The first-order chi connectivity index (χ1) is 8.58. The summed E-state index contributed by atoms with van der Waals surface area (Å²) in [4.78, 5) is 0. The first-order valence-corrected chi connectivity index (χ1v) is 6.75. The summed E-state index contributed by atoms with van der Waals surface area (Å²) in [6.45, 7) is 2.25. The molecule has 2 atom stereocenters. The van der Waals surface area contributed by atoms with Gasteiger partial charge in [-0.25, -0.2) is 0 Å². The average molecular weight is 267 g/mol. The molecule has 2 unspecified atom stereocenters. The molecule has 0 heterocycles. The van der Waals surface area contributed by atoms with Gasteiger partial charge in [0.15, 0.2) is 0 Å². The van der Waals surface area contributed by atoms with Crippen LogP contribution in [0.15, 0.2) is 18.2 Å². The third-order valence-electron chi connectivity index (χ3n) is 3.43. The topological polar surface area (TPSA) is 59.1 Å². The Bertz CT molecular complexity index is 447. The third kappa shape index (κ3) is 2.96. The second-order valence-electron chi connectivity index (χ2n) is 5.04. The number of benzene rings is 1. The minimum atomic E-state index is -0.0422. The molecule has 0 amide bonds. The van der Waals surface area contributed by atoms with E-state index >= 15 is 0 Å². The molecule has 1 aliphatic carbocycles. The van der Waals surface area contributed by atoms with Gasteiger partial charge in [0.05, 0.1) is 16.7 Å². The third-order valence-corrected chi connectivity index (χ3v) is 3.74. The fourth-order valence-corrected chi connectivity index (χ4v) is 2.80. The minimum absolute atomic E-state index is 0.0422. The number of rotatable bonds is 3. The molecule has 98 valence electrons. The Morgan fingerprint density at radius 3 is 2.89 bits per heavy atom. The molecule has 0 spiro atoms. The van der Waals surface area contributed by atoms with Crippen LogP contribution >= 0.6 is 11.6 Å². The molecule has 0 bridgehead atoms. The van der Waals surface area contributed by atoms with E-state index in [-0.39, 0.29) is 11.9 Å². The van der Waals surface area contributed by atoms with Crippen molar-refractivity contribution < 1.29 is 4.74 Å². The van der Waals surface area contributed by atoms with Crippen molar-refractivity contribution in [1.29, 1.82) is 5.41 Å². The quantitative estimate of drug-likeness (QED) is 0.649. The monoisotopic (exact) mass is 266 g/mol. The lowest BCUT2D eigenvalue weighted by Gasteiger charge is -2.28. The summed E-state index contributed by atoms with van der Waals surface area (Å²) < 4.78 is 5.99. The number of ether oxygens (including phenoxy) is 1.